The van der Waals surface area contributed by atoms with Gasteiger partial charge in [-0.15, -0.1) is 0 Å². The fraction of sp³-hybridized carbons (Fsp3) is 0.133. The van der Waals surface area contributed by atoms with Crippen LogP contribution in [-0.4, -0.2) is 5.78 Å². The number of aryl methyl sites for hydroxylation is 1. The number of benzene rings is 2. The Labute approximate surface area is 123 Å². The van der Waals surface area contributed by atoms with E-state index in [2.05, 4.69) is 31.9 Å². The van der Waals surface area contributed by atoms with Crippen molar-refractivity contribution in [1.29, 1.82) is 0 Å². The summed E-state index contributed by atoms with van der Waals surface area (Å²) in [5.41, 5.74) is 2.95. The molecular weight excluding hydrogens is 356 g/mol. The molecule has 0 saturated carbocycles. The molecule has 0 fully saturated rings. The smallest absolute Gasteiger partial charge is 0.168 e. The summed E-state index contributed by atoms with van der Waals surface area (Å²) in [6, 6.07) is 13.7. The van der Waals surface area contributed by atoms with Gasteiger partial charge in [-0.3, -0.25) is 4.79 Å². The van der Waals surface area contributed by atoms with Crippen LogP contribution in [0, 0.1) is 6.92 Å². The van der Waals surface area contributed by atoms with Gasteiger partial charge in [-0.05, 0) is 30.7 Å². The number of hydrogen-bond acceptors (Lipinski definition) is 1. The number of rotatable bonds is 3. The lowest BCUT2D eigenvalue weighted by molar-refractivity contribution is 0.0992. The molecule has 0 N–H and O–H groups in total. The Kier molecular flexibility index (Phi) is 4.36. The van der Waals surface area contributed by atoms with Gasteiger partial charge < -0.3 is 0 Å². The number of carbonyl (C=O) groups excluding carboxylic acids is 1. The minimum Gasteiger partial charge on any atom is -0.294 e. The van der Waals surface area contributed by atoms with E-state index in [-0.39, 0.29) is 5.78 Å². The standard InChI is InChI=1S/C15H12Br2O/c1-10-3-2-4-11(7-10)8-15(18)13-6-5-12(16)9-14(13)17/h2-7,9H,8H2,1H3. The van der Waals surface area contributed by atoms with Crippen LogP contribution in [0.5, 0.6) is 0 Å². The molecule has 0 bridgehead atoms. The van der Waals surface area contributed by atoms with Crippen LogP contribution in [0.15, 0.2) is 51.4 Å². The SMILES string of the molecule is Cc1cccc(CC(=O)c2ccc(Br)cc2Br)c1. The van der Waals surface area contributed by atoms with Crippen LogP contribution in [0.25, 0.3) is 0 Å². The predicted molar refractivity (Wildman–Crippen MR) is 81.1 cm³/mol. The topological polar surface area (TPSA) is 17.1 Å². The van der Waals surface area contributed by atoms with E-state index in [0.29, 0.717) is 6.42 Å². The first-order valence-corrected chi connectivity index (χ1v) is 7.18. The molecule has 0 saturated heterocycles. The second kappa shape index (κ2) is 5.81. The zero-order valence-electron chi connectivity index (χ0n) is 9.91. The van der Waals surface area contributed by atoms with Crippen LogP contribution in [0.3, 0.4) is 0 Å². The molecule has 1 nitrogen and oxygen atoms in total. The van der Waals surface area contributed by atoms with E-state index in [1.807, 2.05) is 49.4 Å². The summed E-state index contributed by atoms with van der Waals surface area (Å²) in [6.45, 7) is 2.03. The Morgan fingerprint density at radius 1 is 1.11 bits per heavy atom. The fourth-order valence-electron chi connectivity index (χ4n) is 1.82. The highest BCUT2D eigenvalue weighted by molar-refractivity contribution is 9.11. The first-order valence-electron chi connectivity index (χ1n) is 5.60. The van der Waals surface area contributed by atoms with E-state index in [1.165, 1.54) is 5.56 Å². The molecule has 0 aromatic heterocycles. The van der Waals surface area contributed by atoms with Gasteiger partial charge in [-0.25, -0.2) is 0 Å². The van der Waals surface area contributed by atoms with E-state index in [9.17, 15) is 4.79 Å². The molecular formula is C15H12Br2O. The van der Waals surface area contributed by atoms with Crippen LogP contribution in [0.1, 0.15) is 21.5 Å². The van der Waals surface area contributed by atoms with Crippen molar-refractivity contribution in [1.82, 2.24) is 0 Å². The van der Waals surface area contributed by atoms with Crippen LogP contribution in [0.4, 0.5) is 0 Å². The summed E-state index contributed by atoms with van der Waals surface area (Å²) in [5.74, 6) is 0.125. The molecule has 0 spiro atoms. The van der Waals surface area contributed by atoms with Crippen molar-refractivity contribution in [3.63, 3.8) is 0 Å². The Morgan fingerprint density at radius 2 is 1.89 bits per heavy atom. The zero-order chi connectivity index (χ0) is 13.1. The maximum Gasteiger partial charge on any atom is 0.168 e. The Bertz CT molecular complexity index is 591. The average Bonchev–Trinajstić information content (AvgIpc) is 2.28. The van der Waals surface area contributed by atoms with Crippen molar-refractivity contribution in [3.8, 4) is 0 Å². The first kappa shape index (κ1) is 13.5. The van der Waals surface area contributed by atoms with Crippen molar-refractivity contribution < 1.29 is 4.79 Å². The van der Waals surface area contributed by atoms with E-state index in [0.717, 1.165) is 20.1 Å². The maximum absolute atomic E-state index is 12.2. The van der Waals surface area contributed by atoms with Crippen LogP contribution >= 0.6 is 31.9 Å². The van der Waals surface area contributed by atoms with Crippen molar-refractivity contribution in [3.05, 3.63) is 68.1 Å². The summed E-state index contributed by atoms with van der Waals surface area (Å²) >= 11 is 6.81. The number of hydrogen-bond donors (Lipinski definition) is 0. The molecule has 0 unspecified atom stereocenters. The number of ketones is 1. The fourth-order valence-corrected chi connectivity index (χ4v) is 3.09. The monoisotopic (exact) mass is 366 g/mol. The number of Topliss-reactive ketones (excluding diaryl/α,β-unsaturated/α-hetero) is 1. The Balaban J connectivity index is 2.22. The zero-order valence-corrected chi connectivity index (χ0v) is 13.1. The van der Waals surface area contributed by atoms with Crippen LogP contribution in [0.2, 0.25) is 0 Å². The van der Waals surface area contributed by atoms with E-state index >= 15 is 0 Å². The van der Waals surface area contributed by atoms with Gasteiger partial charge in [-0.1, -0.05) is 61.7 Å². The molecule has 2 aromatic rings. The van der Waals surface area contributed by atoms with Crippen molar-refractivity contribution in [2.45, 2.75) is 13.3 Å². The van der Waals surface area contributed by atoms with Crippen molar-refractivity contribution in [2.24, 2.45) is 0 Å². The second-order valence-electron chi connectivity index (χ2n) is 4.21. The molecule has 0 atom stereocenters. The lowest BCUT2D eigenvalue weighted by Crippen LogP contribution is -2.04. The summed E-state index contributed by atoms with van der Waals surface area (Å²) in [7, 11) is 0. The summed E-state index contributed by atoms with van der Waals surface area (Å²) in [6.07, 6.45) is 0.432. The molecule has 0 aliphatic carbocycles. The third-order valence-corrected chi connectivity index (χ3v) is 3.83. The molecule has 0 radical (unpaired) electrons. The molecule has 2 rings (SSSR count). The van der Waals surface area contributed by atoms with Crippen LogP contribution in [-0.2, 0) is 6.42 Å². The number of carbonyl (C=O) groups is 1. The Hall–Kier alpha value is -0.930. The highest BCUT2D eigenvalue weighted by atomic mass is 79.9. The Morgan fingerprint density at radius 3 is 2.56 bits per heavy atom. The highest BCUT2D eigenvalue weighted by Gasteiger charge is 2.11. The molecule has 0 amide bonds. The maximum atomic E-state index is 12.2. The predicted octanol–water partition coefficient (Wildman–Crippen LogP) is 4.95. The van der Waals surface area contributed by atoms with Gasteiger partial charge in [0.15, 0.2) is 5.78 Å². The largest absolute Gasteiger partial charge is 0.294 e. The summed E-state index contributed by atoms with van der Waals surface area (Å²) in [4.78, 5) is 12.2. The molecule has 18 heavy (non-hydrogen) atoms. The molecule has 3 heteroatoms. The molecule has 0 aliphatic rings. The van der Waals surface area contributed by atoms with Crippen molar-refractivity contribution >= 4 is 37.6 Å². The minimum atomic E-state index is 0.125. The molecule has 92 valence electrons. The molecule has 0 heterocycles. The molecule has 0 aliphatic heterocycles. The quantitative estimate of drug-likeness (QED) is 0.701. The first-order chi connectivity index (χ1) is 8.56. The van der Waals surface area contributed by atoms with Gasteiger partial charge in [0.2, 0.25) is 0 Å². The van der Waals surface area contributed by atoms with Crippen LogP contribution < -0.4 is 0 Å². The third kappa shape index (κ3) is 3.30. The summed E-state index contributed by atoms with van der Waals surface area (Å²) < 4.78 is 1.79. The van der Waals surface area contributed by atoms with Gasteiger partial charge in [0.05, 0.1) is 0 Å². The second-order valence-corrected chi connectivity index (χ2v) is 5.98. The van der Waals surface area contributed by atoms with E-state index in [1.54, 1.807) is 0 Å². The van der Waals surface area contributed by atoms with E-state index in [4.69, 9.17) is 0 Å². The van der Waals surface area contributed by atoms with Crippen molar-refractivity contribution in [2.75, 3.05) is 0 Å². The average molecular weight is 368 g/mol. The van der Waals surface area contributed by atoms with Gasteiger partial charge in [0, 0.05) is 20.9 Å². The summed E-state index contributed by atoms with van der Waals surface area (Å²) in [5, 5.41) is 0. The lowest BCUT2D eigenvalue weighted by Gasteiger charge is -2.05. The lowest BCUT2D eigenvalue weighted by atomic mass is 10.0. The minimum absolute atomic E-state index is 0.125. The normalized spacial score (nSPS) is 10.4. The van der Waals surface area contributed by atoms with Gasteiger partial charge >= 0.3 is 0 Å². The highest BCUT2D eigenvalue weighted by Crippen LogP contribution is 2.23. The van der Waals surface area contributed by atoms with Gasteiger partial charge in [0.25, 0.3) is 0 Å². The van der Waals surface area contributed by atoms with Gasteiger partial charge in [0.1, 0.15) is 0 Å². The van der Waals surface area contributed by atoms with Gasteiger partial charge in [-0.2, -0.15) is 0 Å². The number of halogens is 2. The third-order valence-electron chi connectivity index (χ3n) is 2.68. The molecule has 2 aromatic carbocycles. The van der Waals surface area contributed by atoms with E-state index < -0.39 is 0 Å².